The number of carbonyl (C=O) groups is 2. The van der Waals surface area contributed by atoms with E-state index in [0.29, 0.717) is 25.9 Å². The second-order valence-corrected chi connectivity index (χ2v) is 23.9. The van der Waals surface area contributed by atoms with Crippen molar-refractivity contribution in [1.29, 1.82) is 0 Å². The zero-order chi connectivity index (χ0) is 56.4. The molecule has 78 heavy (non-hydrogen) atoms. The third-order valence-electron chi connectivity index (χ3n) is 16.1. The van der Waals surface area contributed by atoms with Gasteiger partial charge in [0.25, 0.3) is 0 Å². The molecule has 0 aromatic carbocycles. The van der Waals surface area contributed by atoms with Gasteiger partial charge < -0.3 is 20.3 Å². The predicted octanol–water partition coefficient (Wildman–Crippen LogP) is 22.5. The summed E-state index contributed by atoms with van der Waals surface area (Å²) < 4.78 is 5.48. The Morgan fingerprint density at radius 1 is 0.372 bits per heavy atom. The van der Waals surface area contributed by atoms with Gasteiger partial charge in [0.1, 0.15) is 0 Å². The molecule has 0 saturated carbocycles. The molecule has 3 N–H and O–H groups in total. The minimum atomic E-state index is -0.674. The molecule has 1 amide bonds. The largest absolute Gasteiger partial charge is 0.466 e. The summed E-state index contributed by atoms with van der Waals surface area (Å²) in [6.45, 7) is 4.91. The van der Waals surface area contributed by atoms with Crippen molar-refractivity contribution in [3.8, 4) is 0 Å². The lowest BCUT2D eigenvalue weighted by molar-refractivity contribution is -0.143. The van der Waals surface area contributed by atoms with Crippen LogP contribution in [0.5, 0.6) is 0 Å². The number of esters is 1. The minimum absolute atomic E-state index is 0.0166. The highest BCUT2D eigenvalue weighted by atomic mass is 16.5. The second kappa shape index (κ2) is 67.3. The summed E-state index contributed by atoms with van der Waals surface area (Å²) in [5.74, 6) is -0.0582. The number of aliphatic hydroxyl groups is 2. The van der Waals surface area contributed by atoms with Crippen LogP contribution in [0.3, 0.4) is 0 Å². The van der Waals surface area contributed by atoms with E-state index >= 15 is 0 Å². The van der Waals surface area contributed by atoms with Crippen molar-refractivity contribution in [3.05, 3.63) is 48.6 Å². The van der Waals surface area contributed by atoms with E-state index in [1.54, 1.807) is 0 Å². The third-order valence-corrected chi connectivity index (χ3v) is 16.1. The Balaban J connectivity index is 3.46. The first-order valence-corrected chi connectivity index (χ1v) is 34.9. The normalized spacial score (nSPS) is 12.8. The van der Waals surface area contributed by atoms with Crippen LogP contribution in [0.4, 0.5) is 0 Å². The molecule has 0 spiro atoms. The predicted molar refractivity (Wildman–Crippen MR) is 342 cm³/mol. The number of carbonyl (C=O) groups excluding carboxylic acids is 2. The van der Waals surface area contributed by atoms with Gasteiger partial charge >= 0.3 is 5.97 Å². The molecular formula is C72H135NO5. The van der Waals surface area contributed by atoms with Gasteiger partial charge in [0.05, 0.1) is 25.4 Å². The van der Waals surface area contributed by atoms with Crippen molar-refractivity contribution >= 4 is 11.9 Å². The fourth-order valence-electron chi connectivity index (χ4n) is 10.8. The summed E-state index contributed by atoms with van der Waals surface area (Å²) in [5.41, 5.74) is 0. The fraction of sp³-hybridized carbons (Fsp3) is 0.861. The van der Waals surface area contributed by atoms with E-state index in [9.17, 15) is 19.8 Å². The maximum Gasteiger partial charge on any atom is 0.305 e. The highest BCUT2D eigenvalue weighted by molar-refractivity contribution is 5.76. The van der Waals surface area contributed by atoms with Crippen LogP contribution in [0, 0.1) is 0 Å². The maximum atomic E-state index is 12.5. The molecule has 0 bridgehead atoms. The van der Waals surface area contributed by atoms with Crippen LogP contribution in [0.1, 0.15) is 373 Å². The van der Waals surface area contributed by atoms with Gasteiger partial charge in [-0.2, -0.15) is 0 Å². The van der Waals surface area contributed by atoms with E-state index in [-0.39, 0.29) is 18.5 Å². The van der Waals surface area contributed by atoms with Gasteiger partial charge in [-0.05, 0) is 89.9 Å². The second-order valence-electron chi connectivity index (χ2n) is 23.9. The van der Waals surface area contributed by atoms with Crippen molar-refractivity contribution < 1.29 is 24.5 Å². The molecule has 2 unspecified atom stereocenters. The van der Waals surface area contributed by atoms with E-state index < -0.39 is 12.1 Å². The Kier molecular flexibility index (Phi) is 65.4. The molecule has 0 saturated heterocycles. The summed E-state index contributed by atoms with van der Waals surface area (Å²) in [7, 11) is 0. The summed E-state index contributed by atoms with van der Waals surface area (Å²) >= 11 is 0. The Morgan fingerprint density at radius 3 is 1.08 bits per heavy atom. The van der Waals surface area contributed by atoms with E-state index in [1.807, 2.05) is 0 Å². The molecule has 0 aliphatic rings. The van der Waals surface area contributed by atoms with Gasteiger partial charge in [-0.15, -0.1) is 0 Å². The van der Waals surface area contributed by atoms with Crippen LogP contribution in [-0.2, 0) is 14.3 Å². The number of allylic oxidation sites excluding steroid dienone is 8. The van der Waals surface area contributed by atoms with Gasteiger partial charge in [0.15, 0.2) is 0 Å². The lowest BCUT2D eigenvalue weighted by Gasteiger charge is -2.22. The molecule has 0 fully saturated rings. The van der Waals surface area contributed by atoms with Gasteiger partial charge in [-0.1, -0.05) is 319 Å². The fourth-order valence-corrected chi connectivity index (χ4v) is 10.8. The van der Waals surface area contributed by atoms with E-state index in [2.05, 4.69) is 67.8 Å². The molecular weight excluding hydrogens is 959 g/mol. The molecule has 6 heteroatoms. The zero-order valence-corrected chi connectivity index (χ0v) is 52.4. The quantitative estimate of drug-likeness (QED) is 0.0244. The summed E-state index contributed by atoms with van der Waals surface area (Å²) in [6, 6.07) is -0.552. The monoisotopic (exact) mass is 1090 g/mol. The number of amides is 1. The zero-order valence-electron chi connectivity index (χ0n) is 52.4. The van der Waals surface area contributed by atoms with Gasteiger partial charge in [-0.25, -0.2) is 0 Å². The van der Waals surface area contributed by atoms with Crippen molar-refractivity contribution in [2.45, 2.75) is 386 Å². The number of hydrogen-bond donors (Lipinski definition) is 3. The number of rotatable bonds is 65. The molecule has 0 aromatic rings. The molecule has 0 rings (SSSR count). The maximum absolute atomic E-state index is 12.5. The first-order valence-electron chi connectivity index (χ1n) is 34.9. The molecule has 458 valence electrons. The first-order chi connectivity index (χ1) is 38.5. The van der Waals surface area contributed by atoms with Crippen molar-refractivity contribution in [2.75, 3.05) is 13.2 Å². The lowest BCUT2D eigenvalue weighted by Crippen LogP contribution is -2.45. The Morgan fingerprint density at radius 2 is 0.679 bits per heavy atom. The number of unbranched alkanes of at least 4 members (excludes halogenated alkanes) is 47. The third kappa shape index (κ3) is 63.0. The minimum Gasteiger partial charge on any atom is -0.466 e. The van der Waals surface area contributed by atoms with Crippen LogP contribution in [0.25, 0.3) is 0 Å². The molecule has 0 radical (unpaired) electrons. The van der Waals surface area contributed by atoms with Crippen molar-refractivity contribution in [2.24, 2.45) is 0 Å². The summed E-state index contributed by atoms with van der Waals surface area (Å²) in [4.78, 5) is 24.6. The van der Waals surface area contributed by atoms with E-state index in [0.717, 1.165) is 77.0 Å². The molecule has 0 heterocycles. The van der Waals surface area contributed by atoms with Gasteiger partial charge in [0.2, 0.25) is 5.91 Å². The van der Waals surface area contributed by atoms with Crippen LogP contribution < -0.4 is 5.32 Å². The van der Waals surface area contributed by atoms with Crippen LogP contribution >= 0.6 is 0 Å². The summed E-state index contributed by atoms with van der Waals surface area (Å²) in [5, 5.41) is 23.4. The lowest BCUT2D eigenvalue weighted by atomic mass is 10.0. The molecule has 0 aliphatic heterocycles. The van der Waals surface area contributed by atoms with E-state index in [4.69, 9.17) is 4.74 Å². The smallest absolute Gasteiger partial charge is 0.305 e. The number of aliphatic hydroxyl groups excluding tert-OH is 2. The first kappa shape index (κ1) is 75.8. The highest BCUT2D eigenvalue weighted by Gasteiger charge is 2.20. The van der Waals surface area contributed by atoms with Crippen LogP contribution in [0.15, 0.2) is 48.6 Å². The number of ether oxygens (including phenoxy) is 1. The molecule has 2 atom stereocenters. The standard InChI is InChI=1S/C72H135NO5/c1-3-5-7-9-11-13-15-17-19-21-23-24-25-26-29-32-36-40-44-48-52-56-60-64-70(75)69(68-74)73-71(76)65-61-57-53-49-45-41-37-33-30-27-31-35-39-43-47-51-55-59-63-67-78-72(77)66-62-58-54-50-46-42-38-34-28-22-20-18-16-14-12-10-8-6-4-2/h12,14,18,20,35,39,43,47,69-70,74-75H,3-11,13,15-17,19,21-34,36-38,40-42,44-46,48-68H2,1-2H3,(H,73,76)/b14-12-,20-18-,39-35-,47-43-. The molecule has 0 aliphatic carbocycles. The van der Waals surface area contributed by atoms with Gasteiger partial charge in [0, 0.05) is 12.8 Å². The van der Waals surface area contributed by atoms with Crippen molar-refractivity contribution in [3.63, 3.8) is 0 Å². The summed E-state index contributed by atoms with van der Waals surface area (Å²) in [6.07, 6.45) is 87.2. The van der Waals surface area contributed by atoms with E-state index in [1.165, 1.54) is 263 Å². The average molecular weight is 1090 g/mol. The van der Waals surface area contributed by atoms with Crippen LogP contribution in [-0.4, -0.2) is 47.4 Å². The van der Waals surface area contributed by atoms with Crippen molar-refractivity contribution in [1.82, 2.24) is 5.32 Å². The van der Waals surface area contributed by atoms with Gasteiger partial charge in [-0.3, -0.25) is 9.59 Å². The topological polar surface area (TPSA) is 95.9 Å². The molecule has 0 aromatic heterocycles. The number of hydrogen-bond acceptors (Lipinski definition) is 5. The molecule has 6 nitrogen and oxygen atoms in total. The van der Waals surface area contributed by atoms with Crippen LogP contribution in [0.2, 0.25) is 0 Å². The number of nitrogens with one attached hydrogen (secondary N) is 1. The average Bonchev–Trinajstić information content (AvgIpc) is 3.44. The Hall–Kier alpha value is -2.18. The SMILES string of the molecule is CCCCC/C=C\C/C=C\CCCCCCCCCCCC(=O)OCCCCC/C=C\C=C/CCCCCCCCCCCCC(=O)NC(CO)C(O)CCCCCCCCCCCCCCCCCCCCCCCCC. The highest BCUT2D eigenvalue weighted by Crippen LogP contribution is 2.18. The Labute approximate surface area is 486 Å². The Bertz CT molecular complexity index is 1310.